The molecule has 3 heteroatoms. The summed E-state index contributed by atoms with van der Waals surface area (Å²) >= 11 is 0. The van der Waals surface area contributed by atoms with Crippen LogP contribution in [0.5, 0.6) is 0 Å². The van der Waals surface area contributed by atoms with Crippen LogP contribution < -0.4 is 0 Å². The van der Waals surface area contributed by atoms with Crippen molar-refractivity contribution in [2.75, 3.05) is 0 Å². The molecule has 0 N–H and O–H groups in total. The molecule has 2 nitrogen and oxygen atoms in total. The number of fused-ring (bicyclic) bond motifs is 3. The Labute approximate surface area is 280 Å². The molecule has 0 saturated heterocycles. The van der Waals surface area contributed by atoms with Gasteiger partial charge >= 0.3 is 0 Å². The summed E-state index contributed by atoms with van der Waals surface area (Å²) in [6.07, 6.45) is 3.83. The topological polar surface area (TPSA) is 25.8 Å². The van der Waals surface area contributed by atoms with Gasteiger partial charge in [0.05, 0.1) is 0 Å². The first-order valence-corrected chi connectivity index (χ1v) is 15.3. The van der Waals surface area contributed by atoms with Gasteiger partial charge in [0.15, 0.2) is 0 Å². The summed E-state index contributed by atoms with van der Waals surface area (Å²) in [5.41, 5.74) is 9.03. The fourth-order valence-electron chi connectivity index (χ4n) is 5.45. The standard InChI is InChI=1S/C25H24N.C17H12N.Ir/c1-16(2)19-13-20(17(3)4)15-21(14-19)25-24-10-9-18-7-5-6-8-22(18)23(24)11-12-26-25;1-3-7-14(8-4-1)16-11-12-17(18-13-16)15-9-5-2-6-10-15;/h5-14,16-17H,1-4H3;1-9,11-13H;/q2*-1;. The molecule has 0 atom stereocenters. The van der Waals surface area contributed by atoms with Crippen molar-refractivity contribution in [1.82, 2.24) is 9.97 Å². The largest absolute Gasteiger partial charge is 0.304 e. The minimum atomic E-state index is 0. The van der Waals surface area contributed by atoms with Gasteiger partial charge in [0, 0.05) is 32.5 Å². The van der Waals surface area contributed by atoms with Gasteiger partial charge in [-0.25, -0.2) is 0 Å². The number of hydrogen-bond acceptors (Lipinski definition) is 2. The third-order valence-corrected chi connectivity index (χ3v) is 7.98. The van der Waals surface area contributed by atoms with E-state index in [4.69, 9.17) is 4.98 Å². The maximum absolute atomic E-state index is 4.75. The number of aromatic nitrogens is 2. The first kappa shape index (κ1) is 32.0. The average molecular weight is 761 g/mol. The van der Waals surface area contributed by atoms with E-state index in [1.54, 1.807) is 0 Å². The summed E-state index contributed by atoms with van der Waals surface area (Å²) < 4.78 is 0. The molecule has 0 saturated carbocycles. The van der Waals surface area contributed by atoms with E-state index in [2.05, 4.69) is 118 Å². The van der Waals surface area contributed by atoms with Crippen LogP contribution in [-0.4, -0.2) is 9.97 Å². The Morgan fingerprint density at radius 1 is 0.578 bits per heavy atom. The van der Waals surface area contributed by atoms with E-state index in [1.807, 2.05) is 60.9 Å². The van der Waals surface area contributed by atoms with Crippen molar-refractivity contribution in [1.29, 1.82) is 0 Å². The Balaban J connectivity index is 0.000000185. The molecule has 0 aliphatic heterocycles. The molecule has 0 bridgehead atoms. The zero-order chi connectivity index (χ0) is 30.5. The van der Waals surface area contributed by atoms with Crippen molar-refractivity contribution >= 4 is 21.5 Å². The summed E-state index contributed by atoms with van der Waals surface area (Å²) in [6.45, 7) is 8.94. The first-order chi connectivity index (χ1) is 21.5. The van der Waals surface area contributed by atoms with E-state index in [0.29, 0.717) is 11.8 Å². The van der Waals surface area contributed by atoms with E-state index < -0.39 is 0 Å². The second-order valence-corrected chi connectivity index (χ2v) is 11.7. The predicted octanol–water partition coefficient (Wildman–Crippen LogP) is 11.3. The second kappa shape index (κ2) is 14.6. The van der Waals surface area contributed by atoms with Gasteiger partial charge in [-0.2, -0.15) is 0 Å². The van der Waals surface area contributed by atoms with Gasteiger partial charge in [-0.3, -0.25) is 0 Å². The van der Waals surface area contributed by atoms with Crippen molar-refractivity contribution < 1.29 is 20.1 Å². The van der Waals surface area contributed by atoms with Crippen LogP contribution >= 0.6 is 0 Å². The zero-order valence-electron chi connectivity index (χ0n) is 26.1. The molecule has 0 amide bonds. The first-order valence-electron chi connectivity index (χ1n) is 15.3. The van der Waals surface area contributed by atoms with Gasteiger partial charge in [-0.05, 0) is 62.0 Å². The smallest absolute Gasteiger partial charge is 0.0239 e. The quantitative estimate of drug-likeness (QED) is 0.129. The Bertz CT molecular complexity index is 1910. The van der Waals surface area contributed by atoms with Crippen molar-refractivity contribution in [2.24, 2.45) is 0 Å². The Morgan fingerprint density at radius 3 is 2.07 bits per heavy atom. The van der Waals surface area contributed by atoms with Crippen LogP contribution in [0.2, 0.25) is 0 Å². The third-order valence-electron chi connectivity index (χ3n) is 7.98. The van der Waals surface area contributed by atoms with Crippen molar-refractivity contribution in [3.8, 4) is 33.6 Å². The number of benzene rings is 5. The number of rotatable bonds is 5. The van der Waals surface area contributed by atoms with Crippen molar-refractivity contribution in [3.63, 3.8) is 0 Å². The Kier molecular flexibility index (Phi) is 10.4. The summed E-state index contributed by atoms with van der Waals surface area (Å²) in [6, 6.07) is 48.7. The molecule has 7 aromatic rings. The minimum absolute atomic E-state index is 0. The molecule has 2 heterocycles. The van der Waals surface area contributed by atoms with Crippen LogP contribution in [-0.2, 0) is 20.1 Å². The summed E-state index contributed by atoms with van der Waals surface area (Å²) in [5, 5.41) is 4.98. The number of hydrogen-bond donors (Lipinski definition) is 0. The number of nitrogens with zero attached hydrogens (tertiary/aromatic N) is 2. The van der Waals surface area contributed by atoms with Crippen molar-refractivity contribution in [3.05, 3.63) is 157 Å². The molecule has 0 aliphatic carbocycles. The number of pyridine rings is 2. The molecule has 2 aromatic heterocycles. The molecule has 0 spiro atoms. The summed E-state index contributed by atoms with van der Waals surface area (Å²) in [5.74, 6) is 0.930. The maximum atomic E-state index is 4.75. The molecule has 0 fully saturated rings. The Hall–Kier alpha value is -4.43. The van der Waals surface area contributed by atoms with Crippen molar-refractivity contribution in [2.45, 2.75) is 39.5 Å². The maximum Gasteiger partial charge on any atom is 0.0239 e. The van der Waals surface area contributed by atoms with Gasteiger partial charge in [0.25, 0.3) is 0 Å². The third kappa shape index (κ3) is 7.28. The molecule has 0 unspecified atom stereocenters. The summed E-state index contributed by atoms with van der Waals surface area (Å²) in [4.78, 5) is 9.25. The zero-order valence-corrected chi connectivity index (χ0v) is 28.5. The molecular weight excluding hydrogens is 725 g/mol. The average Bonchev–Trinajstić information content (AvgIpc) is 3.09. The van der Waals surface area contributed by atoms with E-state index >= 15 is 0 Å². The van der Waals surface area contributed by atoms with Gasteiger partial charge < -0.3 is 9.97 Å². The van der Waals surface area contributed by atoms with Crippen LogP contribution in [0.4, 0.5) is 0 Å². The molecule has 1 radical (unpaired) electrons. The fraction of sp³-hybridized carbons (Fsp3) is 0.143. The van der Waals surface area contributed by atoms with E-state index in [-0.39, 0.29) is 20.1 Å². The van der Waals surface area contributed by atoms with Gasteiger partial charge in [-0.15, -0.1) is 70.8 Å². The fourth-order valence-corrected chi connectivity index (χ4v) is 5.45. The summed E-state index contributed by atoms with van der Waals surface area (Å²) in [7, 11) is 0. The molecule has 5 aromatic carbocycles. The monoisotopic (exact) mass is 761 g/mol. The van der Waals surface area contributed by atoms with Crippen LogP contribution in [0.3, 0.4) is 0 Å². The van der Waals surface area contributed by atoms with Crippen LogP contribution in [0.1, 0.15) is 50.7 Å². The molecular formula is C42H36IrN2-2. The predicted molar refractivity (Wildman–Crippen MR) is 186 cm³/mol. The van der Waals surface area contributed by atoms with E-state index in [1.165, 1.54) is 38.2 Å². The van der Waals surface area contributed by atoms with Gasteiger partial charge in [0.1, 0.15) is 0 Å². The minimum Gasteiger partial charge on any atom is -0.304 e. The second-order valence-electron chi connectivity index (χ2n) is 11.7. The van der Waals surface area contributed by atoms with E-state index in [0.717, 1.165) is 28.1 Å². The van der Waals surface area contributed by atoms with Gasteiger partial charge in [-0.1, -0.05) is 107 Å². The molecule has 45 heavy (non-hydrogen) atoms. The Morgan fingerprint density at radius 2 is 1.36 bits per heavy atom. The SMILES string of the molecule is CC(C)c1[c-]c(-c2nccc3c2ccc2ccccc23)cc(C(C)C)c1.[Ir].[c-]1ccccc1-c1ccc(-c2ccccc2)cn1. The van der Waals surface area contributed by atoms with Crippen LogP contribution in [0.25, 0.3) is 55.2 Å². The van der Waals surface area contributed by atoms with Gasteiger partial charge in [0.2, 0.25) is 0 Å². The van der Waals surface area contributed by atoms with Crippen LogP contribution in [0.15, 0.2) is 134 Å². The van der Waals surface area contributed by atoms with E-state index in [9.17, 15) is 0 Å². The normalized spacial score (nSPS) is 10.9. The molecule has 225 valence electrons. The molecule has 0 aliphatic rings. The van der Waals surface area contributed by atoms with Crippen LogP contribution in [0, 0.1) is 12.1 Å². The molecule has 7 rings (SSSR count).